The molecule has 0 saturated heterocycles. The molecule has 0 radical (unpaired) electrons. The van der Waals surface area contributed by atoms with Crippen molar-refractivity contribution in [2.45, 2.75) is 19.8 Å². The van der Waals surface area contributed by atoms with Crippen molar-refractivity contribution in [3.63, 3.8) is 0 Å². The summed E-state index contributed by atoms with van der Waals surface area (Å²) in [5.74, 6) is -1.88. The third kappa shape index (κ3) is 5.57. The van der Waals surface area contributed by atoms with Gasteiger partial charge in [-0.25, -0.2) is 0 Å². The lowest BCUT2D eigenvalue weighted by molar-refractivity contribution is -0.138. The van der Waals surface area contributed by atoms with Crippen LogP contribution in [0.5, 0.6) is 5.75 Å². The lowest BCUT2D eigenvalue weighted by Gasteiger charge is -2.11. The molecule has 142 valence electrons. The Morgan fingerprint density at radius 2 is 1.74 bits per heavy atom. The summed E-state index contributed by atoms with van der Waals surface area (Å²) < 4.78 is 5.40. The summed E-state index contributed by atoms with van der Waals surface area (Å²) in [6.45, 7) is 3.64. The van der Waals surface area contributed by atoms with Crippen LogP contribution in [0.15, 0.2) is 48.5 Å². The molecule has 2 aromatic carbocycles. The second kappa shape index (κ2) is 9.38. The lowest BCUT2D eigenvalue weighted by atomic mass is 10.0. The van der Waals surface area contributed by atoms with Crippen LogP contribution in [-0.4, -0.2) is 36.0 Å². The molecule has 2 rings (SSSR count). The Bertz CT molecular complexity index is 817. The predicted octanol–water partition coefficient (Wildman–Crippen LogP) is 2.64. The van der Waals surface area contributed by atoms with Crippen LogP contribution in [0.25, 0.3) is 0 Å². The number of anilines is 1. The summed E-state index contributed by atoms with van der Waals surface area (Å²) in [5.41, 5.74) is 1.52. The topological polar surface area (TPSA) is 105 Å². The van der Waals surface area contributed by atoms with Gasteiger partial charge < -0.3 is 20.5 Å². The van der Waals surface area contributed by atoms with E-state index in [9.17, 15) is 14.4 Å². The standard InChI is InChI=1S/C20H22N2O5/c1-3-27-17-7-5-4-6-16(17)19(24)21-12-18(23)22-15-10-8-14(9-11-15)13(2)20(25)26/h4-11,13H,3,12H2,1-2H3,(H,21,24)(H,22,23)(H,25,26). The van der Waals surface area contributed by atoms with Crippen LogP contribution < -0.4 is 15.4 Å². The minimum absolute atomic E-state index is 0.202. The predicted molar refractivity (Wildman–Crippen MR) is 101 cm³/mol. The van der Waals surface area contributed by atoms with Crippen LogP contribution in [-0.2, 0) is 9.59 Å². The van der Waals surface area contributed by atoms with Gasteiger partial charge in [-0.15, -0.1) is 0 Å². The number of carboxylic acids is 1. The number of carboxylic acid groups (broad SMARTS) is 1. The number of carbonyl (C=O) groups is 3. The van der Waals surface area contributed by atoms with E-state index in [1.807, 2.05) is 6.92 Å². The van der Waals surface area contributed by atoms with E-state index < -0.39 is 23.7 Å². The van der Waals surface area contributed by atoms with Crippen LogP contribution >= 0.6 is 0 Å². The van der Waals surface area contributed by atoms with E-state index >= 15 is 0 Å². The number of benzene rings is 2. The Morgan fingerprint density at radius 3 is 2.37 bits per heavy atom. The Kier molecular flexibility index (Phi) is 6.93. The summed E-state index contributed by atoms with van der Waals surface area (Å²) >= 11 is 0. The van der Waals surface area contributed by atoms with E-state index in [1.54, 1.807) is 55.5 Å². The molecular formula is C20H22N2O5. The summed E-state index contributed by atoms with van der Waals surface area (Å²) in [6, 6.07) is 13.3. The summed E-state index contributed by atoms with van der Waals surface area (Å²) in [6.07, 6.45) is 0. The first-order chi connectivity index (χ1) is 12.9. The van der Waals surface area contributed by atoms with Crippen molar-refractivity contribution in [1.29, 1.82) is 0 Å². The van der Waals surface area contributed by atoms with Crippen molar-refractivity contribution >= 4 is 23.5 Å². The molecule has 0 spiro atoms. The Balaban J connectivity index is 1.91. The molecule has 2 aromatic rings. The van der Waals surface area contributed by atoms with Crippen molar-refractivity contribution in [3.8, 4) is 5.75 Å². The zero-order valence-electron chi connectivity index (χ0n) is 15.2. The van der Waals surface area contributed by atoms with Gasteiger partial charge in [-0.3, -0.25) is 14.4 Å². The number of para-hydroxylation sites is 1. The van der Waals surface area contributed by atoms with Gasteiger partial charge in [-0.2, -0.15) is 0 Å². The second-order valence-corrected chi connectivity index (χ2v) is 5.84. The molecule has 27 heavy (non-hydrogen) atoms. The minimum Gasteiger partial charge on any atom is -0.493 e. The first-order valence-electron chi connectivity index (χ1n) is 8.55. The maximum absolute atomic E-state index is 12.3. The van der Waals surface area contributed by atoms with Crippen molar-refractivity contribution in [3.05, 3.63) is 59.7 Å². The molecular weight excluding hydrogens is 348 g/mol. The maximum atomic E-state index is 12.3. The average Bonchev–Trinajstić information content (AvgIpc) is 2.67. The quantitative estimate of drug-likeness (QED) is 0.663. The van der Waals surface area contributed by atoms with Gasteiger partial charge in [-0.05, 0) is 43.7 Å². The van der Waals surface area contributed by atoms with Crippen molar-refractivity contribution in [2.75, 3.05) is 18.5 Å². The molecule has 7 heteroatoms. The largest absolute Gasteiger partial charge is 0.493 e. The monoisotopic (exact) mass is 370 g/mol. The average molecular weight is 370 g/mol. The second-order valence-electron chi connectivity index (χ2n) is 5.84. The van der Waals surface area contributed by atoms with Gasteiger partial charge in [0.25, 0.3) is 5.91 Å². The van der Waals surface area contributed by atoms with Crippen LogP contribution in [0.4, 0.5) is 5.69 Å². The van der Waals surface area contributed by atoms with Gasteiger partial charge in [0.05, 0.1) is 24.6 Å². The fraction of sp³-hybridized carbons (Fsp3) is 0.250. The number of hydrogen-bond acceptors (Lipinski definition) is 4. The number of carbonyl (C=O) groups excluding carboxylic acids is 2. The minimum atomic E-state index is -0.915. The number of nitrogens with one attached hydrogen (secondary N) is 2. The van der Waals surface area contributed by atoms with E-state index in [1.165, 1.54) is 0 Å². The first-order valence-corrected chi connectivity index (χ1v) is 8.55. The number of aliphatic carboxylic acids is 1. The molecule has 0 fully saturated rings. The highest BCUT2D eigenvalue weighted by molar-refractivity contribution is 6.00. The summed E-state index contributed by atoms with van der Waals surface area (Å²) in [5, 5.41) is 14.2. The summed E-state index contributed by atoms with van der Waals surface area (Å²) in [4.78, 5) is 35.3. The molecule has 3 N–H and O–H groups in total. The fourth-order valence-electron chi connectivity index (χ4n) is 2.39. The van der Waals surface area contributed by atoms with E-state index in [0.717, 1.165) is 0 Å². The van der Waals surface area contributed by atoms with E-state index in [2.05, 4.69) is 10.6 Å². The highest BCUT2D eigenvalue weighted by atomic mass is 16.5. The van der Waals surface area contributed by atoms with Gasteiger partial charge in [-0.1, -0.05) is 24.3 Å². The van der Waals surface area contributed by atoms with Gasteiger partial charge in [0.15, 0.2) is 0 Å². The van der Waals surface area contributed by atoms with Gasteiger partial charge in [0, 0.05) is 5.69 Å². The highest BCUT2D eigenvalue weighted by Gasteiger charge is 2.15. The Morgan fingerprint density at radius 1 is 1.07 bits per heavy atom. The fourth-order valence-corrected chi connectivity index (χ4v) is 2.39. The number of amides is 2. The number of hydrogen-bond donors (Lipinski definition) is 3. The normalized spacial score (nSPS) is 11.3. The van der Waals surface area contributed by atoms with Crippen molar-refractivity contribution in [1.82, 2.24) is 5.32 Å². The molecule has 0 aliphatic carbocycles. The van der Waals surface area contributed by atoms with Crippen LogP contribution in [0.1, 0.15) is 35.7 Å². The van der Waals surface area contributed by atoms with Crippen molar-refractivity contribution < 1.29 is 24.2 Å². The van der Waals surface area contributed by atoms with Crippen molar-refractivity contribution in [2.24, 2.45) is 0 Å². The molecule has 0 aliphatic heterocycles. The first kappa shape index (κ1) is 20.0. The third-order valence-corrected chi connectivity index (χ3v) is 3.91. The van der Waals surface area contributed by atoms with Gasteiger partial charge in [0.1, 0.15) is 5.75 Å². The number of rotatable bonds is 8. The molecule has 1 atom stereocenters. The van der Waals surface area contributed by atoms with Crippen LogP contribution in [0, 0.1) is 0 Å². The van der Waals surface area contributed by atoms with Gasteiger partial charge >= 0.3 is 5.97 Å². The van der Waals surface area contributed by atoms with Gasteiger partial charge in [0.2, 0.25) is 5.91 Å². The van der Waals surface area contributed by atoms with E-state index in [0.29, 0.717) is 29.2 Å². The molecule has 0 saturated carbocycles. The van der Waals surface area contributed by atoms with E-state index in [-0.39, 0.29) is 6.54 Å². The third-order valence-electron chi connectivity index (χ3n) is 3.91. The molecule has 0 heterocycles. The molecule has 0 aromatic heterocycles. The van der Waals surface area contributed by atoms with Crippen LogP contribution in [0.2, 0.25) is 0 Å². The molecule has 1 unspecified atom stereocenters. The Hall–Kier alpha value is -3.35. The van der Waals surface area contributed by atoms with E-state index in [4.69, 9.17) is 9.84 Å². The zero-order valence-corrected chi connectivity index (χ0v) is 15.2. The highest BCUT2D eigenvalue weighted by Crippen LogP contribution is 2.19. The smallest absolute Gasteiger partial charge is 0.310 e. The molecule has 7 nitrogen and oxygen atoms in total. The van der Waals surface area contributed by atoms with Crippen LogP contribution in [0.3, 0.4) is 0 Å². The summed E-state index contributed by atoms with van der Waals surface area (Å²) in [7, 11) is 0. The SMILES string of the molecule is CCOc1ccccc1C(=O)NCC(=O)Nc1ccc(C(C)C(=O)O)cc1. The molecule has 2 amide bonds. The Labute approximate surface area is 157 Å². The number of ether oxygens (including phenoxy) is 1. The maximum Gasteiger partial charge on any atom is 0.310 e. The lowest BCUT2D eigenvalue weighted by Crippen LogP contribution is -2.33. The molecule has 0 bridgehead atoms. The zero-order chi connectivity index (χ0) is 19.8. The molecule has 0 aliphatic rings.